The molecule has 3 aliphatic rings. The Morgan fingerprint density at radius 1 is 1.14 bits per heavy atom. The van der Waals surface area contributed by atoms with E-state index in [1.807, 2.05) is 0 Å². The minimum Gasteiger partial charge on any atom is -0.375 e. The van der Waals surface area contributed by atoms with Crippen LogP contribution in [0.15, 0.2) is 0 Å². The molecule has 0 aromatic rings. The Kier molecular flexibility index (Phi) is 5.58. The maximum Gasteiger partial charge on any atom is 0.0730 e. The molecule has 5 atom stereocenters. The quantitative estimate of drug-likeness (QED) is 0.865. The fourth-order valence-corrected chi connectivity index (χ4v) is 4.97. The Morgan fingerprint density at radius 3 is 2.86 bits per heavy atom. The molecule has 3 nitrogen and oxygen atoms in total. The van der Waals surface area contributed by atoms with Gasteiger partial charge in [-0.1, -0.05) is 32.6 Å². The molecule has 0 aromatic carbocycles. The summed E-state index contributed by atoms with van der Waals surface area (Å²) >= 11 is 0. The second-order valence-electron chi connectivity index (χ2n) is 7.65. The van der Waals surface area contributed by atoms with Crippen molar-refractivity contribution in [1.29, 1.82) is 0 Å². The smallest absolute Gasteiger partial charge is 0.0730 e. The van der Waals surface area contributed by atoms with Crippen LogP contribution in [0.2, 0.25) is 0 Å². The van der Waals surface area contributed by atoms with Crippen LogP contribution in [0.1, 0.15) is 64.7 Å². The molecule has 2 N–H and O–H groups in total. The molecule has 0 radical (unpaired) electrons. The van der Waals surface area contributed by atoms with Gasteiger partial charge in [0.1, 0.15) is 0 Å². The third-order valence-corrected chi connectivity index (χ3v) is 6.16. The monoisotopic (exact) mass is 294 g/mol. The Bertz CT molecular complexity index is 320. The predicted octanol–water partition coefficient (Wildman–Crippen LogP) is 3.17. The SMILES string of the molecule is CCCC1CCC(N)C(CN2CCOC3CCCCC32)C1. The molecule has 1 heterocycles. The van der Waals surface area contributed by atoms with E-state index < -0.39 is 0 Å². The summed E-state index contributed by atoms with van der Waals surface area (Å²) in [5.74, 6) is 1.65. The summed E-state index contributed by atoms with van der Waals surface area (Å²) in [6.45, 7) is 5.61. The highest BCUT2D eigenvalue weighted by atomic mass is 16.5. The lowest BCUT2D eigenvalue weighted by atomic mass is 9.76. The molecular weight excluding hydrogens is 260 g/mol. The minimum atomic E-state index is 0.433. The van der Waals surface area contributed by atoms with Crippen molar-refractivity contribution < 1.29 is 4.74 Å². The van der Waals surface area contributed by atoms with Crippen LogP contribution in [-0.4, -0.2) is 42.8 Å². The molecule has 0 spiro atoms. The molecule has 0 bridgehead atoms. The van der Waals surface area contributed by atoms with Gasteiger partial charge in [-0.05, 0) is 43.9 Å². The molecule has 2 aliphatic carbocycles. The first kappa shape index (κ1) is 15.8. The summed E-state index contributed by atoms with van der Waals surface area (Å²) < 4.78 is 6.01. The van der Waals surface area contributed by atoms with Gasteiger partial charge in [0.15, 0.2) is 0 Å². The van der Waals surface area contributed by atoms with E-state index in [1.165, 1.54) is 64.3 Å². The zero-order chi connectivity index (χ0) is 14.7. The van der Waals surface area contributed by atoms with Crippen LogP contribution in [0.3, 0.4) is 0 Å². The summed E-state index contributed by atoms with van der Waals surface area (Å²) in [5.41, 5.74) is 6.46. The van der Waals surface area contributed by atoms with Crippen LogP contribution in [-0.2, 0) is 4.74 Å². The molecule has 3 rings (SSSR count). The van der Waals surface area contributed by atoms with Gasteiger partial charge >= 0.3 is 0 Å². The van der Waals surface area contributed by atoms with E-state index in [4.69, 9.17) is 10.5 Å². The van der Waals surface area contributed by atoms with E-state index in [1.54, 1.807) is 0 Å². The molecule has 3 heteroatoms. The van der Waals surface area contributed by atoms with E-state index in [0.717, 1.165) is 25.0 Å². The minimum absolute atomic E-state index is 0.433. The highest BCUT2D eigenvalue weighted by Gasteiger charge is 2.37. The zero-order valence-electron chi connectivity index (χ0n) is 13.8. The van der Waals surface area contributed by atoms with Gasteiger partial charge in [-0.15, -0.1) is 0 Å². The molecule has 0 amide bonds. The van der Waals surface area contributed by atoms with E-state index in [0.29, 0.717) is 18.2 Å². The van der Waals surface area contributed by atoms with Gasteiger partial charge in [0.2, 0.25) is 0 Å². The van der Waals surface area contributed by atoms with Gasteiger partial charge in [0.25, 0.3) is 0 Å². The van der Waals surface area contributed by atoms with Crippen molar-refractivity contribution in [2.75, 3.05) is 19.7 Å². The lowest BCUT2D eigenvalue weighted by Gasteiger charge is -2.46. The molecule has 5 unspecified atom stereocenters. The van der Waals surface area contributed by atoms with E-state index in [-0.39, 0.29) is 0 Å². The fraction of sp³-hybridized carbons (Fsp3) is 1.00. The summed E-state index contributed by atoms with van der Waals surface area (Å²) in [6, 6.07) is 1.12. The van der Waals surface area contributed by atoms with Crippen LogP contribution >= 0.6 is 0 Å². The van der Waals surface area contributed by atoms with Crippen molar-refractivity contribution in [3.8, 4) is 0 Å². The van der Waals surface area contributed by atoms with Crippen LogP contribution in [0.25, 0.3) is 0 Å². The van der Waals surface area contributed by atoms with E-state index >= 15 is 0 Å². The number of hydrogen-bond donors (Lipinski definition) is 1. The summed E-state index contributed by atoms with van der Waals surface area (Å²) in [5, 5.41) is 0. The largest absolute Gasteiger partial charge is 0.375 e. The second-order valence-corrected chi connectivity index (χ2v) is 7.65. The van der Waals surface area contributed by atoms with Crippen molar-refractivity contribution in [2.45, 2.75) is 82.9 Å². The highest BCUT2D eigenvalue weighted by molar-refractivity contribution is 4.91. The standard InChI is InChI=1S/C18H34N2O/c1-2-5-14-8-9-16(19)15(12-14)13-20-10-11-21-18-7-4-3-6-17(18)20/h14-18H,2-13,19H2,1H3. The summed E-state index contributed by atoms with van der Waals surface area (Å²) in [7, 11) is 0. The Hall–Kier alpha value is -0.120. The molecule has 21 heavy (non-hydrogen) atoms. The van der Waals surface area contributed by atoms with Crippen LogP contribution in [0, 0.1) is 11.8 Å². The van der Waals surface area contributed by atoms with E-state index in [2.05, 4.69) is 11.8 Å². The number of nitrogens with zero attached hydrogens (tertiary/aromatic N) is 1. The van der Waals surface area contributed by atoms with Crippen LogP contribution in [0.4, 0.5) is 0 Å². The van der Waals surface area contributed by atoms with Crippen molar-refractivity contribution in [2.24, 2.45) is 17.6 Å². The van der Waals surface area contributed by atoms with Gasteiger partial charge in [-0.2, -0.15) is 0 Å². The first-order valence-electron chi connectivity index (χ1n) is 9.39. The lowest BCUT2D eigenvalue weighted by molar-refractivity contribution is -0.0945. The molecule has 2 saturated carbocycles. The Balaban J connectivity index is 1.58. The topological polar surface area (TPSA) is 38.5 Å². The number of ether oxygens (including phenoxy) is 1. The number of nitrogens with two attached hydrogens (primary N) is 1. The first-order chi connectivity index (χ1) is 10.3. The average molecular weight is 294 g/mol. The maximum atomic E-state index is 6.46. The van der Waals surface area contributed by atoms with E-state index in [9.17, 15) is 0 Å². The summed E-state index contributed by atoms with van der Waals surface area (Å²) in [6.07, 6.45) is 12.6. The molecule has 1 saturated heterocycles. The first-order valence-corrected chi connectivity index (χ1v) is 9.39. The molecule has 0 aromatic heterocycles. The number of fused-ring (bicyclic) bond motifs is 1. The average Bonchev–Trinajstić information content (AvgIpc) is 2.51. The Labute approximate surface area is 130 Å². The number of hydrogen-bond acceptors (Lipinski definition) is 3. The van der Waals surface area contributed by atoms with Gasteiger partial charge in [-0.3, -0.25) is 4.90 Å². The fourth-order valence-electron chi connectivity index (χ4n) is 4.97. The summed E-state index contributed by atoms with van der Waals surface area (Å²) in [4.78, 5) is 2.74. The van der Waals surface area contributed by atoms with Crippen molar-refractivity contribution in [3.05, 3.63) is 0 Å². The van der Waals surface area contributed by atoms with Gasteiger partial charge < -0.3 is 10.5 Å². The zero-order valence-corrected chi connectivity index (χ0v) is 13.8. The molecular formula is C18H34N2O. The molecule has 1 aliphatic heterocycles. The van der Waals surface area contributed by atoms with Gasteiger partial charge in [0.05, 0.1) is 12.7 Å². The Morgan fingerprint density at radius 2 is 2.00 bits per heavy atom. The molecule has 3 fully saturated rings. The third kappa shape index (κ3) is 3.80. The van der Waals surface area contributed by atoms with Gasteiger partial charge in [-0.25, -0.2) is 0 Å². The van der Waals surface area contributed by atoms with Crippen molar-refractivity contribution in [1.82, 2.24) is 4.90 Å². The van der Waals surface area contributed by atoms with Crippen LogP contribution in [0.5, 0.6) is 0 Å². The second kappa shape index (κ2) is 7.43. The predicted molar refractivity (Wildman–Crippen MR) is 87.3 cm³/mol. The van der Waals surface area contributed by atoms with Gasteiger partial charge in [0, 0.05) is 25.2 Å². The van der Waals surface area contributed by atoms with Crippen molar-refractivity contribution >= 4 is 0 Å². The number of morpholine rings is 1. The lowest BCUT2D eigenvalue weighted by Crippen LogP contribution is -2.55. The van der Waals surface area contributed by atoms with Crippen molar-refractivity contribution in [3.63, 3.8) is 0 Å². The van der Waals surface area contributed by atoms with Crippen LogP contribution < -0.4 is 5.73 Å². The highest BCUT2D eigenvalue weighted by Crippen LogP contribution is 2.34. The third-order valence-electron chi connectivity index (χ3n) is 6.16. The molecule has 122 valence electrons. The normalized spacial score (nSPS) is 41.7. The number of rotatable bonds is 4. The maximum absolute atomic E-state index is 6.46.